The van der Waals surface area contributed by atoms with Gasteiger partial charge in [0.25, 0.3) is 11.8 Å². The van der Waals surface area contributed by atoms with Crippen molar-refractivity contribution in [2.24, 2.45) is 0 Å². The lowest BCUT2D eigenvalue weighted by Gasteiger charge is -2.29. The summed E-state index contributed by atoms with van der Waals surface area (Å²) < 4.78 is 0. The van der Waals surface area contributed by atoms with Gasteiger partial charge in [-0.2, -0.15) is 0 Å². The first kappa shape index (κ1) is 23.5. The molecule has 0 radical (unpaired) electrons. The molecular formula is C27H30N2O2S. The number of amides is 2. The van der Waals surface area contributed by atoms with Gasteiger partial charge in [-0.15, -0.1) is 11.3 Å². The van der Waals surface area contributed by atoms with Crippen LogP contribution in [0, 0.1) is 6.92 Å². The highest BCUT2D eigenvalue weighted by Crippen LogP contribution is 2.28. The molecule has 0 bridgehead atoms. The summed E-state index contributed by atoms with van der Waals surface area (Å²) in [5, 5.41) is 7.84. The second-order valence-corrected chi connectivity index (χ2v) is 9.65. The molecule has 5 heteroatoms. The smallest absolute Gasteiger partial charge is 0.268 e. The number of carbonyl (C=O) groups is 2. The van der Waals surface area contributed by atoms with Gasteiger partial charge in [-0.3, -0.25) is 9.59 Å². The highest BCUT2D eigenvalue weighted by atomic mass is 32.1. The molecule has 1 atom stereocenters. The van der Waals surface area contributed by atoms with E-state index in [9.17, 15) is 9.59 Å². The summed E-state index contributed by atoms with van der Waals surface area (Å²) in [6.45, 7) is 8.22. The third-order valence-corrected chi connectivity index (χ3v) is 6.28. The van der Waals surface area contributed by atoms with Gasteiger partial charge in [-0.25, -0.2) is 0 Å². The van der Waals surface area contributed by atoms with Crippen molar-refractivity contribution in [3.63, 3.8) is 0 Å². The van der Waals surface area contributed by atoms with E-state index >= 15 is 0 Å². The average Bonchev–Trinajstić information content (AvgIpc) is 3.27. The summed E-state index contributed by atoms with van der Waals surface area (Å²) in [5.41, 5.74) is 2.78. The van der Waals surface area contributed by atoms with Gasteiger partial charge in [0, 0.05) is 16.5 Å². The van der Waals surface area contributed by atoms with Crippen molar-refractivity contribution in [2.45, 2.75) is 45.6 Å². The minimum Gasteiger partial charge on any atom is -0.348 e. The third-order valence-electron chi connectivity index (χ3n) is 5.46. The Labute approximate surface area is 194 Å². The van der Waals surface area contributed by atoms with Crippen molar-refractivity contribution in [3.8, 4) is 0 Å². The van der Waals surface area contributed by atoms with Gasteiger partial charge in [0.05, 0.1) is 0 Å². The maximum atomic E-state index is 13.2. The Morgan fingerprint density at radius 3 is 2.34 bits per heavy atom. The van der Waals surface area contributed by atoms with E-state index in [-0.39, 0.29) is 29.0 Å². The second-order valence-electron chi connectivity index (χ2n) is 8.67. The fraction of sp³-hybridized carbons (Fsp3) is 0.259. The molecule has 0 aliphatic rings. The number of hydrogen-bond acceptors (Lipinski definition) is 3. The van der Waals surface area contributed by atoms with Crippen LogP contribution < -0.4 is 10.6 Å². The van der Waals surface area contributed by atoms with Gasteiger partial charge in [0.15, 0.2) is 0 Å². The van der Waals surface area contributed by atoms with Crippen molar-refractivity contribution < 1.29 is 9.59 Å². The molecule has 3 rings (SSSR count). The molecule has 2 N–H and O–H groups in total. The summed E-state index contributed by atoms with van der Waals surface area (Å²) in [6.07, 6.45) is 2.49. The molecule has 1 heterocycles. The Kier molecular flexibility index (Phi) is 7.65. The average molecular weight is 447 g/mol. The molecule has 3 aromatic rings. The van der Waals surface area contributed by atoms with Crippen LogP contribution in [-0.4, -0.2) is 17.9 Å². The molecule has 4 nitrogen and oxygen atoms in total. The van der Waals surface area contributed by atoms with Crippen molar-refractivity contribution >= 4 is 29.2 Å². The van der Waals surface area contributed by atoms with Crippen molar-refractivity contribution in [3.05, 3.63) is 99.4 Å². The molecule has 0 fully saturated rings. The van der Waals surface area contributed by atoms with Gasteiger partial charge < -0.3 is 10.6 Å². The molecule has 32 heavy (non-hydrogen) atoms. The lowest BCUT2D eigenvalue weighted by molar-refractivity contribution is -0.118. The van der Waals surface area contributed by atoms with Crippen LogP contribution in [0.2, 0.25) is 0 Å². The molecular weight excluding hydrogens is 416 g/mol. The standard InChI is InChI=1S/C27H30N2O2S/c1-19-11-8-9-15-23(19)25(30)29-24(17-22-14-10-16-32-22)26(31)28-20(2)18-27(3,4)21-12-6-5-7-13-21/h5-17,20H,18H2,1-4H3,(H,28,31)(H,29,30)/b24-17-/t20-/m0/s1. The zero-order valence-corrected chi connectivity index (χ0v) is 19.8. The Hall–Kier alpha value is -3.18. The lowest BCUT2D eigenvalue weighted by atomic mass is 9.79. The molecule has 1 aromatic heterocycles. The number of nitrogens with one attached hydrogen (secondary N) is 2. The fourth-order valence-corrected chi connectivity index (χ4v) is 4.47. The van der Waals surface area contributed by atoms with Crippen molar-refractivity contribution in [1.29, 1.82) is 0 Å². The molecule has 0 unspecified atom stereocenters. The van der Waals surface area contributed by atoms with Gasteiger partial charge in [0.1, 0.15) is 5.70 Å². The van der Waals surface area contributed by atoms with E-state index in [4.69, 9.17) is 0 Å². The van der Waals surface area contributed by atoms with Crippen LogP contribution in [0.25, 0.3) is 6.08 Å². The zero-order valence-electron chi connectivity index (χ0n) is 19.0. The SMILES string of the molecule is Cc1ccccc1C(=O)N/C(=C\c1cccs1)C(=O)N[C@@H](C)CC(C)(C)c1ccccc1. The molecule has 0 saturated carbocycles. The minimum atomic E-state index is -0.295. The predicted molar refractivity (Wildman–Crippen MR) is 133 cm³/mol. The van der Waals surface area contributed by atoms with E-state index in [2.05, 4.69) is 36.6 Å². The monoisotopic (exact) mass is 446 g/mol. The Balaban J connectivity index is 1.75. The predicted octanol–water partition coefficient (Wildman–Crippen LogP) is 5.70. The number of aryl methyl sites for hydroxylation is 1. The van der Waals surface area contributed by atoms with Crippen LogP contribution in [0.1, 0.15) is 53.6 Å². The lowest BCUT2D eigenvalue weighted by Crippen LogP contribution is -2.41. The van der Waals surface area contributed by atoms with Gasteiger partial charge in [0.2, 0.25) is 0 Å². The molecule has 2 aromatic carbocycles. The first-order valence-corrected chi connectivity index (χ1v) is 11.6. The molecule has 166 valence electrons. The van der Waals surface area contributed by atoms with Crippen LogP contribution >= 0.6 is 11.3 Å². The molecule has 0 saturated heterocycles. The first-order chi connectivity index (χ1) is 15.3. The zero-order chi connectivity index (χ0) is 23.1. The quantitative estimate of drug-likeness (QED) is 0.436. The number of carbonyl (C=O) groups excluding carboxylic acids is 2. The van der Waals surface area contributed by atoms with Crippen molar-refractivity contribution in [2.75, 3.05) is 0 Å². The van der Waals surface area contributed by atoms with E-state index in [1.807, 2.05) is 67.8 Å². The van der Waals surface area contributed by atoms with Crippen LogP contribution in [0.3, 0.4) is 0 Å². The Bertz CT molecular complexity index is 1090. The maximum absolute atomic E-state index is 13.2. The van der Waals surface area contributed by atoms with E-state index in [1.165, 1.54) is 16.9 Å². The second kappa shape index (κ2) is 10.4. The number of benzene rings is 2. The third kappa shape index (κ3) is 6.17. The molecule has 0 aliphatic heterocycles. The van der Waals surface area contributed by atoms with E-state index < -0.39 is 0 Å². The van der Waals surface area contributed by atoms with Crippen LogP contribution in [0.4, 0.5) is 0 Å². The summed E-state index contributed by atoms with van der Waals surface area (Å²) in [4.78, 5) is 26.9. The number of thiophene rings is 1. The summed E-state index contributed by atoms with van der Waals surface area (Å²) in [7, 11) is 0. The summed E-state index contributed by atoms with van der Waals surface area (Å²) >= 11 is 1.51. The largest absolute Gasteiger partial charge is 0.348 e. The van der Waals surface area contributed by atoms with E-state index in [1.54, 1.807) is 12.1 Å². The van der Waals surface area contributed by atoms with E-state index in [0.29, 0.717) is 5.56 Å². The van der Waals surface area contributed by atoms with E-state index in [0.717, 1.165) is 16.9 Å². The van der Waals surface area contributed by atoms with Crippen LogP contribution in [-0.2, 0) is 10.2 Å². The van der Waals surface area contributed by atoms with Gasteiger partial charge >= 0.3 is 0 Å². The summed E-state index contributed by atoms with van der Waals surface area (Å²) in [5.74, 6) is -0.588. The highest BCUT2D eigenvalue weighted by molar-refractivity contribution is 7.10. The van der Waals surface area contributed by atoms with Gasteiger partial charge in [-0.1, -0.05) is 68.4 Å². The molecule has 2 amide bonds. The molecule has 0 aliphatic carbocycles. The minimum absolute atomic E-state index is 0.0835. The Morgan fingerprint density at radius 2 is 1.69 bits per heavy atom. The number of rotatable bonds is 8. The van der Waals surface area contributed by atoms with Crippen molar-refractivity contribution in [1.82, 2.24) is 10.6 Å². The van der Waals surface area contributed by atoms with Crippen LogP contribution in [0.15, 0.2) is 77.8 Å². The maximum Gasteiger partial charge on any atom is 0.268 e. The first-order valence-electron chi connectivity index (χ1n) is 10.7. The molecule has 0 spiro atoms. The normalized spacial score (nSPS) is 12.8. The summed E-state index contributed by atoms with van der Waals surface area (Å²) in [6, 6.07) is 21.4. The number of hydrogen-bond donors (Lipinski definition) is 2. The van der Waals surface area contributed by atoms with Crippen LogP contribution in [0.5, 0.6) is 0 Å². The highest BCUT2D eigenvalue weighted by Gasteiger charge is 2.25. The Morgan fingerprint density at radius 1 is 1.00 bits per heavy atom. The van der Waals surface area contributed by atoms with Gasteiger partial charge in [-0.05, 0) is 60.4 Å². The fourth-order valence-electron chi connectivity index (χ4n) is 3.82. The topological polar surface area (TPSA) is 58.2 Å².